The number of nitrogens with zero attached hydrogens (tertiary/aromatic N) is 5. The van der Waals surface area contributed by atoms with Gasteiger partial charge in [0.05, 0.1) is 18.8 Å². The number of morpholine rings is 1. The summed E-state index contributed by atoms with van der Waals surface area (Å²) in [6.45, 7) is 4.28. The third-order valence-corrected chi connectivity index (χ3v) is 5.22. The van der Waals surface area contributed by atoms with Crippen molar-refractivity contribution in [1.82, 2.24) is 30.0 Å². The Hall–Kier alpha value is -2.32. The molecule has 1 aliphatic heterocycles. The molecule has 4 rings (SSSR count). The van der Waals surface area contributed by atoms with Gasteiger partial charge in [-0.1, -0.05) is 18.9 Å². The standard InChI is InChI=1S/C18H24N6O2/c25-17(15-4-3-5-16(21-15)24-13-19-20-14-24)22-18(6-1-2-7-18)12-23-8-10-26-11-9-23/h3-5,13-14H,1-2,6-12H2,(H,22,25). The molecule has 26 heavy (non-hydrogen) atoms. The molecule has 0 unspecified atom stereocenters. The summed E-state index contributed by atoms with van der Waals surface area (Å²) in [6.07, 6.45) is 7.47. The van der Waals surface area contributed by atoms with Crippen molar-refractivity contribution >= 4 is 5.91 Å². The Morgan fingerprint density at radius 2 is 1.88 bits per heavy atom. The Kier molecular flexibility index (Phi) is 4.94. The monoisotopic (exact) mass is 356 g/mol. The number of aromatic nitrogens is 4. The smallest absolute Gasteiger partial charge is 0.270 e. The first-order chi connectivity index (χ1) is 12.7. The van der Waals surface area contributed by atoms with Crippen LogP contribution in [-0.4, -0.2) is 68.9 Å². The average Bonchev–Trinajstić information content (AvgIpc) is 3.35. The molecule has 3 heterocycles. The molecule has 2 fully saturated rings. The number of rotatable bonds is 5. The van der Waals surface area contributed by atoms with Crippen molar-refractivity contribution in [1.29, 1.82) is 0 Å². The van der Waals surface area contributed by atoms with E-state index in [0.717, 1.165) is 58.5 Å². The highest BCUT2D eigenvalue weighted by Crippen LogP contribution is 2.31. The van der Waals surface area contributed by atoms with Gasteiger partial charge >= 0.3 is 0 Å². The molecule has 1 saturated heterocycles. The van der Waals surface area contributed by atoms with E-state index in [1.54, 1.807) is 23.3 Å². The van der Waals surface area contributed by atoms with Crippen LogP contribution in [-0.2, 0) is 4.74 Å². The van der Waals surface area contributed by atoms with Gasteiger partial charge < -0.3 is 10.1 Å². The van der Waals surface area contributed by atoms with Crippen LogP contribution in [0.25, 0.3) is 5.82 Å². The predicted octanol–water partition coefficient (Wildman–Crippen LogP) is 1.04. The van der Waals surface area contributed by atoms with Crippen molar-refractivity contribution < 1.29 is 9.53 Å². The molecule has 2 aromatic rings. The summed E-state index contributed by atoms with van der Waals surface area (Å²) in [5.74, 6) is 0.520. The molecule has 0 radical (unpaired) electrons. The van der Waals surface area contributed by atoms with E-state index in [1.807, 2.05) is 12.1 Å². The minimum atomic E-state index is -0.164. The fourth-order valence-corrected chi connectivity index (χ4v) is 3.88. The van der Waals surface area contributed by atoms with Crippen LogP contribution in [0, 0.1) is 0 Å². The lowest BCUT2D eigenvalue weighted by atomic mass is 9.96. The number of hydrogen-bond donors (Lipinski definition) is 1. The first-order valence-corrected chi connectivity index (χ1v) is 9.19. The fourth-order valence-electron chi connectivity index (χ4n) is 3.88. The Balaban J connectivity index is 1.49. The summed E-state index contributed by atoms with van der Waals surface area (Å²) in [5, 5.41) is 10.9. The van der Waals surface area contributed by atoms with Crippen molar-refractivity contribution in [2.24, 2.45) is 0 Å². The quantitative estimate of drug-likeness (QED) is 0.862. The van der Waals surface area contributed by atoms with Crippen molar-refractivity contribution in [3.63, 3.8) is 0 Å². The molecule has 2 aliphatic rings. The summed E-state index contributed by atoms with van der Waals surface area (Å²) in [7, 11) is 0. The first-order valence-electron chi connectivity index (χ1n) is 9.19. The van der Waals surface area contributed by atoms with E-state index >= 15 is 0 Å². The number of amides is 1. The summed E-state index contributed by atoms with van der Waals surface area (Å²) >= 11 is 0. The van der Waals surface area contributed by atoms with Crippen LogP contribution in [0.3, 0.4) is 0 Å². The average molecular weight is 356 g/mol. The zero-order valence-corrected chi connectivity index (χ0v) is 14.8. The summed E-state index contributed by atoms with van der Waals surface area (Å²) in [6, 6.07) is 5.42. The number of hydrogen-bond acceptors (Lipinski definition) is 6. The Labute approximate surface area is 152 Å². The van der Waals surface area contributed by atoms with E-state index in [-0.39, 0.29) is 11.4 Å². The van der Waals surface area contributed by atoms with Gasteiger partial charge in [0, 0.05) is 19.6 Å². The Morgan fingerprint density at radius 3 is 2.62 bits per heavy atom. The van der Waals surface area contributed by atoms with Crippen LogP contribution in [0.2, 0.25) is 0 Å². The maximum atomic E-state index is 12.9. The van der Waals surface area contributed by atoms with Crippen LogP contribution in [0.5, 0.6) is 0 Å². The second-order valence-corrected chi connectivity index (χ2v) is 7.08. The third-order valence-electron chi connectivity index (χ3n) is 5.22. The molecule has 8 heteroatoms. The van der Waals surface area contributed by atoms with Crippen LogP contribution in [0.15, 0.2) is 30.9 Å². The largest absolute Gasteiger partial charge is 0.379 e. The lowest BCUT2D eigenvalue weighted by Crippen LogP contribution is -2.55. The molecular weight excluding hydrogens is 332 g/mol. The van der Waals surface area contributed by atoms with Crippen LogP contribution >= 0.6 is 0 Å². The van der Waals surface area contributed by atoms with E-state index in [0.29, 0.717) is 11.5 Å². The van der Waals surface area contributed by atoms with E-state index in [2.05, 4.69) is 25.4 Å². The zero-order valence-electron chi connectivity index (χ0n) is 14.8. The highest BCUT2D eigenvalue weighted by molar-refractivity contribution is 5.93. The molecular formula is C18H24N6O2. The SMILES string of the molecule is O=C(NC1(CN2CCOCC2)CCCC1)c1cccc(-n2cnnc2)n1. The van der Waals surface area contributed by atoms with Crippen molar-refractivity contribution in [2.45, 2.75) is 31.2 Å². The predicted molar refractivity (Wildman–Crippen MR) is 95.1 cm³/mol. The summed E-state index contributed by atoms with van der Waals surface area (Å²) in [5.41, 5.74) is 0.257. The van der Waals surface area contributed by atoms with Gasteiger partial charge in [-0.3, -0.25) is 14.3 Å². The molecule has 0 spiro atoms. The maximum absolute atomic E-state index is 12.9. The van der Waals surface area contributed by atoms with Gasteiger partial charge in [0.25, 0.3) is 5.91 Å². The topological polar surface area (TPSA) is 85.2 Å². The van der Waals surface area contributed by atoms with Crippen LogP contribution in [0.1, 0.15) is 36.2 Å². The van der Waals surface area contributed by atoms with Gasteiger partial charge in [-0.25, -0.2) is 4.98 Å². The van der Waals surface area contributed by atoms with E-state index in [1.165, 1.54) is 0 Å². The number of carbonyl (C=O) groups is 1. The normalized spacial score (nSPS) is 20.2. The van der Waals surface area contributed by atoms with Gasteiger partial charge in [0.15, 0.2) is 0 Å². The number of pyridine rings is 1. The van der Waals surface area contributed by atoms with Gasteiger partial charge in [-0.05, 0) is 25.0 Å². The molecule has 0 aromatic carbocycles. The summed E-state index contributed by atoms with van der Waals surface area (Å²) < 4.78 is 7.13. The van der Waals surface area contributed by atoms with Gasteiger partial charge in [0.2, 0.25) is 0 Å². The third kappa shape index (κ3) is 3.76. The maximum Gasteiger partial charge on any atom is 0.270 e. The molecule has 8 nitrogen and oxygen atoms in total. The Bertz CT molecular complexity index is 736. The van der Waals surface area contributed by atoms with Crippen molar-refractivity contribution in [3.05, 3.63) is 36.5 Å². The molecule has 2 aromatic heterocycles. The molecule has 138 valence electrons. The second kappa shape index (κ2) is 7.51. The van der Waals surface area contributed by atoms with Gasteiger partial charge in [0.1, 0.15) is 24.2 Å². The second-order valence-electron chi connectivity index (χ2n) is 7.08. The van der Waals surface area contributed by atoms with E-state index in [4.69, 9.17) is 4.74 Å². The van der Waals surface area contributed by atoms with Gasteiger partial charge in [-0.15, -0.1) is 10.2 Å². The number of carbonyl (C=O) groups excluding carboxylic acids is 1. The van der Waals surface area contributed by atoms with Crippen LogP contribution < -0.4 is 5.32 Å². The number of ether oxygens (including phenoxy) is 1. The van der Waals surface area contributed by atoms with Crippen molar-refractivity contribution in [3.8, 4) is 5.82 Å². The van der Waals surface area contributed by atoms with E-state index in [9.17, 15) is 4.79 Å². The highest BCUT2D eigenvalue weighted by Gasteiger charge is 2.37. The highest BCUT2D eigenvalue weighted by atomic mass is 16.5. The lowest BCUT2D eigenvalue weighted by molar-refractivity contribution is 0.0237. The van der Waals surface area contributed by atoms with Gasteiger partial charge in [-0.2, -0.15) is 0 Å². The molecule has 1 N–H and O–H groups in total. The molecule has 0 atom stereocenters. The Morgan fingerprint density at radius 1 is 1.15 bits per heavy atom. The first kappa shape index (κ1) is 17.1. The van der Waals surface area contributed by atoms with E-state index < -0.39 is 0 Å². The lowest BCUT2D eigenvalue weighted by Gasteiger charge is -2.37. The fraction of sp³-hybridized carbons (Fsp3) is 0.556. The minimum Gasteiger partial charge on any atom is -0.379 e. The zero-order chi connectivity index (χ0) is 17.8. The molecule has 0 bridgehead atoms. The molecule has 1 amide bonds. The number of nitrogens with one attached hydrogen (secondary N) is 1. The molecule has 1 saturated carbocycles. The van der Waals surface area contributed by atoms with Crippen LogP contribution in [0.4, 0.5) is 0 Å². The molecule has 1 aliphatic carbocycles. The van der Waals surface area contributed by atoms with Crippen molar-refractivity contribution in [2.75, 3.05) is 32.8 Å². The minimum absolute atomic E-state index is 0.116. The summed E-state index contributed by atoms with van der Waals surface area (Å²) in [4.78, 5) is 19.8.